The fourth-order valence-corrected chi connectivity index (χ4v) is 3.10. The van der Waals surface area contributed by atoms with E-state index in [1.165, 1.54) is 18.3 Å². The van der Waals surface area contributed by atoms with Crippen LogP contribution in [0.2, 0.25) is 5.02 Å². The Morgan fingerprint density at radius 1 is 1.31 bits per heavy atom. The van der Waals surface area contributed by atoms with Crippen LogP contribution in [0.25, 0.3) is 0 Å². The Morgan fingerprint density at radius 2 is 2.12 bits per heavy atom. The molecule has 8 heteroatoms. The number of hydrogen-bond donors (Lipinski definition) is 2. The number of nitrogens with two attached hydrogens (primary N) is 1. The van der Waals surface area contributed by atoms with Gasteiger partial charge in [0.2, 0.25) is 5.91 Å². The maximum absolute atomic E-state index is 13.8. The van der Waals surface area contributed by atoms with E-state index in [9.17, 15) is 14.0 Å². The lowest BCUT2D eigenvalue weighted by molar-refractivity contribution is -0.122. The molecular weight excluding hydrogens is 359 g/mol. The molecule has 2 amide bonds. The summed E-state index contributed by atoms with van der Waals surface area (Å²) >= 11 is 5.69. The Balaban J connectivity index is 1.67. The van der Waals surface area contributed by atoms with Crippen molar-refractivity contribution < 1.29 is 14.0 Å². The van der Waals surface area contributed by atoms with Crippen molar-refractivity contribution in [2.24, 2.45) is 11.7 Å². The molecule has 1 fully saturated rings. The molecule has 0 spiro atoms. The summed E-state index contributed by atoms with van der Waals surface area (Å²) in [6.07, 6.45) is 3.14. The first kappa shape index (κ1) is 18.1. The van der Waals surface area contributed by atoms with E-state index in [2.05, 4.69) is 10.3 Å². The molecule has 1 aliphatic rings. The lowest BCUT2D eigenvalue weighted by atomic mass is 9.97. The fourth-order valence-electron chi connectivity index (χ4n) is 2.94. The van der Waals surface area contributed by atoms with Gasteiger partial charge in [-0.2, -0.15) is 0 Å². The smallest absolute Gasteiger partial charge is 0.258 e. The summed E-state index contributed by atoms with van der Waals surface area (Å²) in [7, 11) is 0. The Labute approximate surface area is 155 Å². The Hall–Kier alpha value is -2.67. The van der Waals surface area contributed by atoms with Crippen molar-refractivity contribution in [1.29, 1.82) is 0 Å². The minimum absolute atomic E-state index is 0.0983. The number of nitrogens with one attached hydrogen (secondary N) is 1. The highest BCUT2D eigenvalue weighted by atomic mass is 35.5. The van der Waals surface area contributed by atoms with Crippen LogP contribution in [0.15, 0.2) is 36.5 Å². The highest BCUT2D eigenvalue weighted by molar-refractivity contribution is 6.30. The number of rotatable bonds is 4. The molecule has 2 heterocycles. The number of carbonyl (C=O) groups excluding carboxylic acids is 2. The van der Waals surface area contributed by atoms with Gasteiger partial charge in [0.25, 0.3) is 5.91 Å². The largest absolute Gasteiger partial charge is 0.369 e. The van der Waals surface area contributed by atoms with E-state index in [0.717, 1.165) is 25.5 Å². The minimum atomic E-state index is -0.689. The molecule has 0 aliphatic carbocycles. The van der Waals surface area contributed by atoms with Gasteiger partial charge in [-0.15, -0.1) is 0 Å². The molecule has 0 saturated carbocycles. The number of anilines is 2. The van der Waals surface area contributed by atoms with Gasteiger partial charge in [-0.3, -0.25) is 9.59 Å². The summed E-state index contributed by atoms with van der Waals surface area (Å²) in [4.78, 5) is 29.9. The SMILES string of the molecule is NC(=O)[C@@H]1CCCN(c2ccc(NC(=O)c3ccc(Cl)cc3F)cn2)C1. The molecule has 3 rings (SSSR count). The molecule has 26 heavy (non-hydrogen) atoms. The number of halogens is 2. The van der Waals surface area contributed by atoms with Crippen LogP contribution in [0.3, 0.4) is 0 Å². The number of hydrogen-bond acceptors (Lipinski definition) is 4. The first-order valence-corrected chi connectivity index (χ1v) is 8.58. The number of benzene rings is 1. The average molecular weight is 377 g/mol. The molecule has 1 saturated heterocycles. The van der Waals surface area contributed by atoms with E-state index < -0.39 is 11.7 Å². The molecule has 2 aromatic rings. The molecule has 1 aliphatic heterocycles. The third-order valence-electron chi connectivity index (χ3n) is 4.33. The maximum atomic E-state index is 13.8. The summed E-state index contributed by atoms with van der Waals surface area (Å²) in [5, 5.41) is 2.82. The van der Waals surface area contributed by atoms with E-state index in [4.69, 9.17) is 17.3 Å². The van der Waals surface area contributed by atoms with E-state index >= 15 is 0 Å². The average Bonchev–Trinajstić information content (AvgIpc) is 2.62. The van der Waals surface area contributed by atoms with Gasteiger partial charge in [0, 0.05) is 18.1 Å². The van der Waals surface area contributed by atoms with Gasteiger partial charge in [0.05, 0.1) is 23.4 Å². The second-order valence-electron chi connectivity index (χ2n) is 6.17. The first-order chi connectivity index (χ1) is 12.4. The van der Waals surface area contributed by atoms with Crippen molar-refractivity contribution in [2.45, 2.75) is 12.8 Å². The fraction of sp³-hybridized carbons (Fsp3) is 0.278. The van der Waals surface area contributed by atoms with Crippen molar-refractivity contribution in [3.63, 3.8) is 0 Å². The van der Waals surface area contributed by atoms with Crippen molar-refractivity contribution in [3.05, 3.63) is 52.9 Å². The normalized spacial score (nSPS) is 17.0. The predicted molar refractivity (Wildman–Crippen MR) is 97.7 cm³/mol. The van der Waals surface area contributed by atoms with Crippen LogP contribution in [-0.2, 0) is 4.79 Å². The zero-order valence-electron chi connectivity index (χ0n) is 13.9. The molecule has 0 radical (unpaired) electrons. The summed E-state index contributed by atoms with van der Waals surface area (Å²) in [5.74, 6) is -1.06. The van der Waals surface area contributed by atoms with Crippen molar-refractivity contribution >= 4 is 34.9 Å². The topological polar surface area (TPSA) is 88.3 Å². The number of primary amides is 1. The third kappa shape index (κ3) is 4.11. The zero-order chi connectivity index (χ0) is 18.7. The van der Waals surface area contributed by atoms with Crippen molar-refractivity contribution in [3.8, 4) is 0 Å². The van der Waals surface area contributed by atoms with Crippen LogP contribution in [-0.4, -0.2) is 29.9 Å². The summed E-state index contributed by atoms with van der Waals surface area (Å²) in [6, 6.07) is 7.29. The quantitative estimate of drug-likeness (QED) is 0.858. The molecule has 0 unspecified atom stereocenters. The molecule has 0 bridgehead atoms. The second-order valence-corrected chi connectivity index (χ2v) is 6.61. The van der Waals surface area contributed by atoms with E-state index in [1.807, 2.05) is 4.90 Å². The Kier molecular flexibility index (Phi) is 5.37. The van der Waals surface area contributed by atoms with Crippen molar-refractivity contribution in [1.82, 2.24) is 4.98 Å². The lowest BCUT2D eigenvalue weighted by Crippen LogP contribution is -2.41. The maximum Gasteiger partial charge on any atom is 0.258 e. The molecule has 3 N–H and O–H groups in total. The predicted octanol–water partition coefficient (Wildman–Crippen LogP) is 2.83. The summed E-state index contributed by atoms with van der Waals surface area (Å²) in [6.45, 7) is 1.32. The second kappa shape index (κ2) is 7.70. The Bertz CT molecular complexity index is 828. The van der Waals surface area contributed by atoms with Gasteiger partial charge in [-0.25, -0.2) is 9.37 Å². The minimum Gasteiger partial charge on any atom is -0.369 e. The third-order valence-corrected chi connectivity index (χ3v) is 4.56. The number of nitrogens with zero attached hydrogens (tertiary/aromatic N) is 2. The molecular formula is C18H18ClFN4O2. The number of pyridine rings is 1. The van der Waals surface area contributed by atoms with Gasteiger partial charge >= 0.3 is 0 Å². The number of piperidine rings is 1. The summed E-state index contributed by atoms with van der Waals surface area (Å²) in [5.41, 5.74) is 5.73. The van der Waals surface area contributed by atoms with Crippen LogP contribution in [0.1, 0.15) is 23.2 Å². The molecule has 136 valence electrons. The number of aromatic nitrogens is 1. The van der Waals surface area contributed by atoms with Crippen LogP contribution < -0.4 is 16.0 Å². The van der Waals surface area contributed by atoms with Crippen LogP contribution in [0.4, 0.5) is 15.9 Å². The van der Waals surface area contributed by atoms with Gasteiger partial charge < -0.3 is 16.0 Å². The standard InChI is InChI=1S/C18H18ClFN4O2/c19-12-3-5-14(15(20)8-12)18(26)23-13-4-6-16(22-9-13)24-7-1-2-11(10-24)17(21)25/h3-6,8-9,11H,1-2,7,10H2,(H2,21,25)(H,23,26)/t11-/m1/s1. The van der Waals surface area contributed by atoms with E-state index in [1.54, 1.807) is 12.1 Å². The molecule has 6 nitrogen and oxygen atoms in total. The number of carbonyl (C=O) groups is 2. The highest BCUT2D eigenvalue weighted by Gasteiger charge is 2.24. The summed E-state index contributed by atoms with van der Waals surface area (Å²) < 4.78 is 13.8. The van der Waals surface area contributed by atoms with Crippen LogP contribution in [0, 0.1) is 11.7 Å². The number of amides is 2. The van der Waals surface area contributed by atoms with Gasteiger partial charge in [-0.1, -0.05) is 11.6 Å². The van der Waals surface area contributed by atoms with Gasteiger partial charge in [-0.05, 0) is 43.2 Å². The monoisotopic (exact) mass is 376 g/mol. The lowest BCUT2D eigenvalue weighted by Gasteiger charge is -2.32. The molecule has 1 aromatic heterocycles. The van der Waals surface area contributed by atoms with E-state index in [0.29, 0.717) is 18.1 Å². The van der Waals surface area contributed by atoms with Gasteiger partial charge in [0.1, 0.15) is 11.6 Å². The zero-order valence-corrected chi connectivity index (χ0v) is 14.7. The van der Waals surface area contributed by atoms with Gasteiger partial charge in [0.15, 0.2) is 0 Å². The van der Waals surface area contributed by atoms with Crippen LogP contribution in [0.5, 0.6) is 0 Å². The highest BCUT2D eigenvalue weighted by Crippen LogP contribution is 2.23. The first-order valence-electron chi connectivity index (χ1n) is 8.21. The Morgan fingerprint density at radius 3 is 2.77 bits per heavy atom. The van der Waals surface area contributed by atoms with Crippen molar-refractivity contribution in [2.75, 3.05) is 23.3 Å². The molecule has 1 atom stereocenters. The van der Waals surface area contributed by atoms with Crippen LogP contribution >= 0.6 is 11.6 Å². The van der Waals surface area contributed by atoms with E-state index in [-0.39, 0.29) is 22.4 Å². The molecule has 1 aromatic carbocycles.